The molecule has 0 aliphatic carbocycles. The summed E-state index contributed by atoms with van der Waals surface area (Å²) in [6.07, 6.45) is 7.85. The van der Waals surface area contributed by atoms with Gasteiger partial charge in [0.1, 0.15) is 6.33 Å². The maximum absolute atomic E-state index is 14.7. The largest absolute Gasteiger partial charge is 0.405 e. The van der Waals surface area contributed by atoms with Crippen LogP contribution in [0.15, 0.2) is 35.7 Å². The zero-order valence-electron chi connectivity index (χ0n) is 18.4. The SMILES string of the molecule is CCNC(=O)Nc1ncnc(CN2CCC(c3ccc(N=C/C=C\N)nc3C)CC2)c1F. The molecule has 3 heterocycles. The van der Waals surface area contributed by atoms with Crippen LogP contribution in [0.1, 0.15) is 42.6 Å². The Kier molecular flexibility index (Phi) is 8.20. The van der Waals surface area contributed by atoms with Crippen LogP contribution < -0.4 is 16.4 Å². The third-order valence-corrected chi connectivity index (χ3v) is 5.35. The van der Waals surface area contributed by atoms with Gasteiger partial charge in [0.2, 0.25) is 0 Å². The van der Waals surface area contributed by atoms with E-state index < -0.39 is 11.8 Å². The number of urea groups is 1. The summed E-state index contributed by atoms with van der Waals surface area (Å²) in [7, 11) is 0. The first-order valence-electron chi connectivity index (χ1n) is 10.7. The van der Waals surface area contributed by atoms with Gasteiger partial charge in [-0.25, -0.2) is 29.1 Å². The van der Waals surface area contributed by atoms with Crippen molar-refractivity contribution in [1.82, 2.24) is 25.2 Å². The highest BCUT2D eigenvalue weighted by molar-refractivity contribution is 5.88. The lowest BCUT2D eigenvalue weighted by Crippen LogP contribution is -2.33. The molecule has 3 rings (SSSR count). The minimum atomic E-state index is -0.596. The van der Waals surface area contributed by atoms with Crippen molar-refractivity contribution in [2.24, 2.45) is 10.7 Å². The standard InChI is InChI=1S/C22H29FN8O/c1-3-25-22(32)30-21-20(23)18(27-14-28-21)13-31-11-7-16(8-12-31)17-5-6-19(29-15(17)2)26-10-4-9-24/h4-6,9-10,14,16H,3,7-8,11-13,24H2,1-2H3,(H2,25,27,28,30,32)/b9-4-,26-10?. The van der Waals surface area contributed by atoms with Crippen LogP contribution >= 0.6 is 0 Å². The van der Waals surface area contributed by atoms with Crippen LogP contribution in [-0.4, -0.2) is 51.7 Å². The van der Waals surface area contributed by atoms with Crippen LogP contribution in [0.25, 0.3) is 0 Å². The van der Waals surface area contributed by atoms with Crippen molar-refractivity contribution >= 4 is 23.9 Å². The first-order valence-corrected chi connectivity index (χ1v) is 10.7. The Balaban J connectivity index is 1.59. The molecule has 1 aliphatic heterocycles. The Morgan fingerprint density at radius 3 is 2.81 bits per heavy atom. The number of halogens is 1. The number of hydrogen-bond donors (Lipinski definition) is 3. The number of nitrogens with two attached hydrogens (primary N) is 1. The normalized spacial score (nSPS) is 15.5. The molecule has 2 amide bonds. The molecule has 0 aromatic carbocycles. The average molecular weight is 441 g/mol. The molecule has 0 bridgehead atoms. The predicted molar refractivity (Wildman–Crippen MR) is 122 cm³/mol. The van der Waals surface area contributed by atoms with Crippen LogP contribution in [0.3, 0.4) is 0 Å². The summed E-state index contributed by atoms with van der Waals surface area (Å²) in [5.74, 6) is 0.341. The summed E-state index contributed by atoms with van der Waals surface area (Å²) in [6.45, 7) is 6.22. The number of rotatable bonds is 7. The van der Waals surface area contributed by atoms with Crippen molar-refractivity contribution in [3.05, 3.63) is 53.5 Å². The van der Waals surface area contributed by atoms with Crippen LogP contribution in [0.5, 0.6) is 0 Å². The number of nitrogens with zero attached hydrogens (tertiary/aromatic N) is 5. The number of allylic oxidation sites excluding steroid dienone is 1. The Bertz CT molecular complexity index is 986. The molecule has 2 aromatic rings. The van der Waals surface area contributed by atoms with Crippen LogP contribution in [0.4, 0.5) is 20.8 Å². The molecular formula is C22H29FN8O. The van der Waals surface area contributed by atoms with Crippen LogP contribution in [0, 0.1) is 12.7 Å². The summed E-state index contributed by atoms with van der Waals surface area (Å²) < 4.78 is 14.7. The minimum absolute atomic E-state index is 0.109. The van der Waals surface area contributed by atoms with E-state index in [1.54, 1.807) is 19.2 Å². The number of nitrogens with one attached hydrogen (secondary N) is 2. The lowest BCUT2D eigenvalue weighted by Gasteiger charge is -2.32. The smallest absolute Gasteiger partial charge is 0.320 e. The average Bonchev–Trinajstić information content (AvgIpc) is 2.78. The van der Waals surface area contributed by atoms with Crippen molar-refractivity contribution in [2.75, 3.05) is 25.0 Å². The minimum Gasteiger partial charge on any atom is -0.405 e. The summed E-state index contributed by atoms with van der Waals surface area (Å²) in [5, 5.41) is 4.98. The third kappa shape index (κ3) is 6.07. The predicted octanol–water partition coefficient (Wildman–Crippen LogP) is 3.01. The fourth-order valence-electron chi connectivity index (χ4n) is 3.76. The number of aliphatic imine (C=N–C) groups is 1. The van der Waals surface area contributed by atoms with Gasteiger partial charge in [0.15, 0.2) is 17.5 Å². The lowest BCUT2D eigenvalue weighted by atomic mass is 9.88. The molecule has 9 nitrogen and oxygen atoms in total. The molecule has 1 aliphatic rings. The number of aryl methyl sites for hydroxylation is 1. The molecule has 0 unspecified atom stereocenters. The third-order valence-electron chi connectivity index (χ3n) is 5.35. The number of likely N-dealkylation sites (tertiary alicyclic amines) is 1. The van der Waals surface area contributed by atoms with Gasteiger partial charge in [0, 0.05) is 25.0 Å². The van der Waals surface area contributed by atoms with Crippen molar-refractivity contribution in [1.29, 1.82) is 0 Å². The van der Waals surface area contributed by atoms with Gasteiger partial charge in [0.25, 0.3) is 0 Å². The number of aromatic nitrogens is 3. The first kappa shape index (κ1) is 23.3. The molecule has 0 saturated carbocycles. The van der Waals surface area contributed by atoms with E-state index in [-0.39, 0.29) is 11.5 Å². The molecule has 2 aromatic heterocycles. The number of piperidine rings is 1. The quantitative estimate of drug-likeness (QED) is 0.569. The number of carbonyl (C=O) groups excluding carboxylic acids is 1. The Morgan fingerprint density at radius 1 is 1.34 bits per heavy atom. The van der Waals surface area contributed by atoms with Crippen molar-refractivity contribution in [3.8, 4) is 0 Å². The van der Waals surface area contributed by atoms with E-state index in [2.05, 4.69) is 41.5 Å². The highest BCUT2D eigenvalue weighted by Crippen LogP contribution is 2.31. The second kappa shape index (κ2) is 11.3. The molecule has 10 heteroatoms. The molecule has 0 atom stereocenters. The van der Waals surface area contributed by atoms with E-state index in [0.29, 0.717) is 24.8 Å². The number of amides is 2. The van der Waals surface area contributed by atoms with Gasteiger partial charge < -0.3 is 11.1 Å². The molecule has 170 valence electrons. The molecule has 32 heavy (non-hydrogen) atoms. The fraction of sp³-hybridized carbons (Fsp3) is 0.409. The second-order valence-corrected chi connectivity index (χ2v) is 7.52. The summed E-state index contributed by atoms with van der Waals surface area (Å²) in [6, 6.07) is 3.51. The van der Waals surface area contributed by atoms with Gasteiger partial charge in [-0.2, -0.15) is 0 Å². The Hall–Kier alpha value is -3.40. The van der Waals surface area contributed by atoms with E-state index in [1.165, 1.54) is 18.1 Å². The maximum atomic E-state index is 14.7. The first-order chi connectivity index (χ1) is 15.5. The Morgan fingerprint density at radius 2 is 2.12 bits per heavy atom. The van der Waals surface area contributed by atoms with E-state index >= 15 is 0 Å². The molecule has 1 saturated heterocycles. The zero-order valence-corrected chi connectivity index (χ0v) is 18.4. The summed E-state index contributed by atoms with van der Waals surface area (Å²) >= 11 is 0. The van der Waals surface area contributed by atoms with Crippen LogP contribution in [-0.2, 0) is 6.54 Å². The summed E-state index contributed by atoms with van der Waals surface area (Å²) in [5.41, 5.74) is 7.77. The molecule has 0 radical (unpaired) electrons. The molecule has 1 fully saturated rings. The maximum Gasteiger partial charge on any atom is 0.320 e. The molecule has 4 N–H and O–H groups in total. The van der Waals surface area contributed by atoms with Gasteiger partial charge in [-0.15, -0.1) is 0 Å². The van der Waals surface area contributed by atoms with Gasteiger partial charge in [-0.05, 0) is 69.6 Å². The number of anilines is 1. The number of pyridine rings is 1. The fourth-order valence-corrected chi connectivity index (χ4v) is 3.76. The van der Waals surface area contributed by atoms with Crippen molar-refractivity contribution in [2.45, 2.75) is 39.2 Å². The van der Waals surface area contributed by atoms with Crippen LogP contribution in [0.2, 0.25) is 0 Å². The number of hydrogen-bond acceptors (Lipinski definition) is 7. The van der Waals surface area contributed by atoms with Gasteiger partial charge >= 0.3 is 6.03 Å². The van der Waals surface area contributed by atoms with Gasteiger partial charge in [-0.1, -0.05) is 6.07 Å². The van der Waals surface area contributed by atoms with Gasteiger partial charge in [-0.3, -0.25) is 10.2 Å². The van der Waals surface area contributed by atoms with E-state index in [4.69, 9.17) is 5.73 Å². The Labute approximate surface area is 187 Å². The highest BCUT2D eigenvalue weighted by Gasteiger charge is 2.24. The lowest BCUT2D eigenvalue weighted by molar-refractivity contribution is 0.199. The van der Waals surface area contributed by atoms with E-state index in [9.17, 15) is 9.18 Å². The van der Waals surface area contributed by atoms with E-state index in [0.717, 1.165) is 31.6 Å². The highest BCUT2D eigenvalue weighted by atomic mass is 19.1. The zero-order chi connectivity index (χ0) is 22.9. The van der Waals surface area contributed by atoms with E-state index in [1.807, 2.05) is 13.0 Å². The number of carbonyl (C=O) groups is 1. The topological polar surface area (TPSA) is 121 Å². The van der Waals surface area contributed by atoms with Crippen molar-refractivity contribution < 1.29 is 9.18 Å². The van der Waals surface area contributed by atoms with Crippen molar-refractivity contribution in [3.63, 3.8) is 0 Å². The summed E-state index contributed by atoms with van der Waals surface area (Å²) in [4.78, 5) is 30.6. The second-order valence-electron chi connectivity index (χ2n) is 7.52. The monoisotopic (exact) mass is 440 g/mol. The van der Waals surface area contributed by atoms with Gasteiger partial charge in [0.05, 0.1) is 5.69 Å². The molecule has 0 spiro atoms. The molecular weight excluding hydrogens is 411 g/mol.